The van der Waals surface area contributed by atoms with Gasteiger partial charge in [0.2, 0.25) is 0 Å². The van der Waals surface area contributed by atoms with Crippen molar-refractivity contribution in [3.8, 4) is 0 Å². The third kappa shape index (κ3) is 7.26. The zero-order chi connectivity index (χ0) is 10.3. The Bertz CT molecular complexity index is 244. The Labute approximate surface area is 80.2 Å². The zero-order valence-electron chi connectivity index (χ0n) is 8.44. The highest BCUT2D eigenvalue weighted by Crippen LogP contribution is 2.13. The van der Waals surface area contributed by atoms with Crippen LogP contribution in [-0.4, -0.2) is 0 Å². The molecular formula is C12H17F. The van der Waals surface area contributed by atoms with E-state index in [-0.39, 0.29) is 5.83 Å². The van der Waals surface area contributed by atoms with Crippen LogP contribution in [0.25, 0.3) is 0 Å². The minimum absolute atomic E-state index is 0.0985. The predicted octanol–water partition coefficient (Wildman–Crippen LogP) is 4.33. The number of hydrogen-bond donors (Lipinski definition) is 0. The highest BCUT2D eigenvalue weighted by molar-refractivity contribution is 5.22. The first-order valence-corrected chi connectivity index (χ1v) is 4.36. The van der Waals surface area contributed by atoms with E-state index < -0.39 is 0 Å². The van der Waals surface area contributed by atoms with E-state index in [2.05, 4.69) is 13.2 Å². The highest BCUT2D eigenvalue weighted by Gasteiger charge is 1.95. The first-order valence-electron chi connectivity index (χ1n) is 4.36. The van der Waals surface area contributed by atoms with Crippen molar-refractivity contribution in [2.75, 3.05) is 0 Å². The van der Waals surface area contributed by atoms with Crippen LogP contribution in [0.2, 0.25) is 0 Å². The van der Waals surface area contributed by atoms with E-state index in [0.717, 1.165) is 11.1 Å². The maximum absolute atomic E-state index is 13.1. The molecule has 0 aliphatic heterocycles. The van der Waals surface area contributed by atoms with E-state index in [1.165, 1.54) is 6.08 Å². The van der Waals surface area contributed by atoms with E-state index in [9.17, 15) is 4.39 Å². The summed E-state index contributed by atoms with van der Waals surface area (Å²) in [7, 11) is 0. The molecule has 0 aromatic heterocycles. The summed E-state index contributed by atoms with van der Waals surface area (Å²) in [5.41, 5.74) is 1.89. The Morgan fingerprint density at radius 3 is 2.38 bits per heavy atom. The normalized spacial score (nSPS) is 12.8. The van der Waals surface area contributed by atoms with Gasteiger partial charge in [0.1, 0.15) is 5.83 Å². The van der Waals surface area contributed by atoms with E-state index in [1.54, 1.807) is 12.2 Å². The lowest BCUT2D eigenvalue weighted by molar-refractivity contribution is 0.587. The predicted molar refractivity (Wildman–Crippen MR) is 57.2 cm³/mol. The van der Waals surface area contributed by atoms with Crippen LogP contribution in [0.1, 0.15) is 26.7 Å². The van der Waals surface area contributed by atoms with Gasteiger partial charge in [0, 0.05) is 6.42 Å². The summed E-state index contributed by atoms with van der Waals surface area (Å²) in [4.78, 5) is 0. The summed E-state index contributed by atoms with van der Waals surface area (Å²) in [5, 5.41) is 0. The van der Waals surface area contributed by atoms with Crippen LogP contribution in [0.3, 0.4) is 0 Å². The van der Waals surface area contributed by atoms with Crippen LogP contribution in [0.15, 0.2) is 48.4 Å². The van der Waals surface area contributed by atoms with Gasteiger partial charge in [0.25, 0.3) is 0 Å². The molecule has 0 N–H and O–H groups in total. The maximum Gasteiger partial charge on any atom is 0.100 e. The fraction of sp³-hybridized carbons (Fsp3) is 0.333. The fourth-order valence-electron chi connectivity index (χ4n) is 0.886. The van der Waals surface area contributed by atoms with Gasteiger partial charge >= 0.3 is 0 Å². The fourth-order valence-corrected chi connectivity index (χ4v) is 0.886. The molecule has 0 fully saturated rings. The van der Waals surface area contributed by atoms with Gasteiger partial charge in [0.15, 0.2) is 0 Å². The molecule has 0 amide bonds. The van der Waals surface area contributed by atoms with Gasteiger partial charge in [0.05, 0.1) is 0 Å². The molecule has 0 spiro atoms. The molecule has 0 aliphatic rings. The van der Waals surface area contributed by atoms with Crippen molar-refractivity contribution in [1.82, 2.24) is 0 Å². The van der Waals surface area contributed by atoms with E-state index in [1.807, 2.05) is 13.8 Å². The third-order valence-electron chi connectivity index (χ3n) is 1.56. The third-order valence-corrected chi connectivity index (χ3v) is 1.56. The average Bonchev–Trinajstić information content (AvgIpc) is 2.01. The van der Waals surface area contributed by atoms with Gasteiger partial charge in [-0.2, -0.15) is 0 Å². The second kappa shape index (κ2) is 6.41. The summed E-state index contributed by atoms with van der Waals surface area (Å²) in [6, 6.07) is 0. The van der Waals surface area contributed by atoms with E-state index in [0.29, 0.717) is 12.8 Å². The molecule has 0 aromatic rings. The molecule has 0 unspecified atom stereocenters. The highest BCUT2D eigenvalue weighted by atomic mass is 19.1. The van der Waals surface area contributed by atoms with Crippen molar-refractivity contribution in [1.29, 1.82) is 0 Å². The minimum atomic E-state index is -0.0985. The number of hydrogen-bond acceptors (Lipinski definition) is 0. The van der Waals surface area contributed by atoms with Crippen molar-refractivity contribution in [3.63, 3.8) is 0 Å². The molecule has 1 heteroatoms. The average molecular weight is 180 g/mol. The quantitative estimate of drug-likeness (QED) is 0.436. The number of rotatable bonds is 5. The van der Waals surface area contributed by atoms with Crippen molar-refractivity contribution >= 4 is 0 Å². The Morgan fingerprint density at radius 2 is 1.92 bits per heavy atom. The number of allylic oxidation sites excluding steroid dienone is 6. The Morgan fingerprint density at radius 1 is 1.31 bits per heavy atom. The Hall–Kier alpha value is -1.11. The van der Waals surface area contributed by atoms with Crippen LogP contribution < -0.4 is 0 Å². The van der Waals surface area contributed by atoms with Gasteiger partial charge in [-0.25, -0.2) is 4.39 Å². The van der Waals surface area contributed by atoms with Crippen LogP contribution in [0.5, 0.6) is 0 Å². The summed E-state index contributed by atoms with van der Waals surface area (Å²) in [6.45, 7) is 11.0. The zero-order valence-corrected chi connectivity index (χ0v) is 8.44. The number of halogens is 1. The van der Waals surface area contributed by atoms with Crippen LogP contribution in [-0.2, 0) is 0 Å². The summed E-state index contributed by atoms with van der Waals surface area (Å²) in [6.07, 6.45) is 6.12. The Kier molecular flexibility index (Phi) is 5.86. The Balaban J connectivity index is 4.08. The minimum Gasteiger partial charge on any atom is -0.212 e. The lowest BCUT2D eigenvalue weighted by Gasteiger charge is -1.97. The SMILES string of the molecule is C=C/C=C(C)\C=C(\F)CCC(=C)C. The lowest BCUT2D eigenvalue weighted by Crippen LogP contribution is -1.79. The molecular weight excluding hydrogens is 163 g/mol. The van der Waals surface area contributed by atoms with Crippen molar-refractivity contribution in [3.05, 3.63) is 48.4 Å². The first kappa shape index (κ1) is 11.9. The van der Waals surface area contributed by atoms with E-state index in [4.69, 9.17) is 0 Å². The molecule has 0 aliphatic carbocycles. The van der Waals surface area contributed by atoms with Crippen molar-refractivity contribution in [2.45, 2.75) is 26.7 Å². The van der Waals surface area contributed by atoms with Crippen LogP contribution >= 0.6 is 0 Å². The molecule has 0 nitrogen and oxygen atoms in total. The van der Waals surface area contributed by atoms with Crippen molar-refractivity contribution < 1.29 is 4.39 Å². The first-order chi connectivity index (χ1) is 6.06. The molecule has 0 saturated heterocycles. The molecule has 0 aromatic carbocycles. The molecule has 0 saturated carbocycles. The molecule has 0 heterocycles. The van der Waals surface area contributed by atoms with Gasteiger partial charge in [-0.1, -0.05) is 24.3 Å². The van der Waals surface area contributed by atoms with Crippen LogP contribution in [0.4, 0.5) is 4.39 Å². The molecule has 13 heavy (non-hydrogen) atoms. The molecule has 0 bridgehead atoms. The molecule has 0 atom stereocenters. The van der Waals surface area contributed by atoms with Gasteiger partial charge in [-0.05, 0) is 31.9 Å². The molecule has 0 rings (SSSR count). The maximum atomic E-state index is 13.1. The van der Waals surface area contributed by atoms with E-state index >= 15 is 0 Å². The standard InChI is InChI=1S/C12H17F/c1-5-6-11(4)9-12(13)8-7-10(2)3/h5-6,9H,1-2,7-8H2,3-4H3/b11-6-,12-9+. The van der Waals surface area contributed by atoms with Gasteiger partial charge in [-0.3, -0.25) is 0 Å². The summed E-state index contributed by atoms with van der Waals surface area (Å²) >= 11 is 0. The van der Waals surface area contributed by atoms with Gasteiger partial charge < -0.3 is 0 Å². The summed E-state index contributed by atoms with van der Waals surface area (Å²) in [5.74, 6) is -0.0985. The van der Waals surface area contributed by atoms with Crippen molar-refractivity contribution in [2.24, 2.45) is 0 Å². The van der Waals surface area contributed by atoms with Gasteiger partial charge in [-0.15, -0.1) is 6.58 Å². The second-order valence-corrected chi connectivity index (χ2v) is 3.19. The summed E-state index contributed by atoms with van der Waals surface area (Å²) < 4.78 is 13.1. The molecule has 72 valence electrons. The molecule has 0 radical (unpaired) electrons. The largest absolute Gasteiger partial charge is 0.212 e. The smallest absolute Gasteiger partial charge is 0.100 e. The van der Waals surface area contributed by atoms with Crippen LogP contribution in [0, 0.1) is 0 Å². The second-order valence-electron chi connectivity index (χ2n) is 3.19. The lowest BCUT2D eigenvalue weighted by atomic mass is 10.1. The monoisotopic (exact) mass is 180 g/mol. The topological polar surface area (TPSA) is 0 Å².